The van der Waals surface area contributed by atoms with Crippen LogP contribution in [0.25, 0.3) is 0 Å². The van der Waals surface area contributed by atoms with Crippen LogP contribution in [0.2, 0.25) is 5.02 Å². The van der Waals surface area contributed by atoms with Crippen LogP contribution in [0.1, 0.15) is 19.8 Å². The van der Waals surface area contributed by atoms with Crippen molar-refractivity contribution in [2.75, 3.05) is 23.6 Å². The predicted molar refractivity (Wildman–Crippen MR) is 76.6 cm³/mol. The van der Waals surface area contributed by atoms with E-state index in [9.17, 15) is 12.8 Å². The molecule has 7 heteroatoms. The van der Waals surface area contributed by atoms with E-state index in [1.165, 1.54) is 12.1 Å². The van der Waals surface area contributed by atoms with Gasteiger partial charge in [0.2, 0.25) is 10.0 Å². The molecule has 0 saturated heterocycles. The number of nitrogens with one attached hydrogen (secondary N) is 2. The Hall–Kier alpha value is -0.850. The number of halogens is 2. The van der Waals surface area contributed by atoms with Crippen molar-refractivity contribution in [1.82, 2.24) is 5.32 Å². The third-order valence-electron chi connectivity index (χ3n) is 2.41. The fraction of sp³-hybridized carbons (Fsp3) is 0.500. The molecule has 0 fully saturated rings. The SMILES string of the molecule is CCCNCCCS(=O)(=O)Nc1c(F)cccc1Cl. The average Bonchev–Trinajstić information content (AvgIpc) is 2.34. The molecule has 0 aliphatic rings. The molecule has 0 spiro atoms. The first-order valence-electron chi connectivity index (χ1n) is 6.11. The maximum absolute atomic E-state index is 13.4. The molecular weight excluding hydrogens is 291 g/mol. The number of anilines is 1. The molecule has 1 aromatic rings. The summed E-state index contributed by atoms with van der Waals surface area (Å²) in [5.74, 6) is -0.755. The largest absolute Gasteiger partial charge is 0.317 e. The van der Waals surface area contributed by atoms with Crippen LogP contribution < -0.4 is 10.0 Å². The van der Waals surface area contributed by atoms with Gasteiger partial charge >= 0.3 is 0 Å². The number of hydrogen-bond acceptors (Lipinski definition) is 3. The normalized spacial score (nSPS) is 11.5. The lowest BCUT2D eigenvalue weighted by Gasteiger charge is -2.10. The van der Waals surface area contributed by atoms with Gasteiger partial charge in [-0.25, -0.2) is 12.8 Å². The van der Waals surface area contributed by atoms with Gasteiger partial charge in [0, 0.05) is 0 Å². The Labute approximate surface area is 118 Å². The van der Waals surface area contributed by atoms with E-state index in [2.05, 4.69) is 10.0 Å². The minimum absolute atomic E-state index is 0.0488. The molecule has 2 N–H and O–H groups in total. The maximum atomic E-state index is 13.4. The van der Waals surface area contributed by atoms with E-state index < -0.39 is 15.8 Å². The summed E-state index contributed by atoms with van der Waals surface area (Å²) in [7, 11) is -3.58. The van der Waals surface area contributed by atoms with E-state index in [1.807, 2.05) is 6.92 Å². The van der Waals surface area contributed by atoms with Crippen LogP contribution in [0.5, 0.6) is 0 Å². The number of sulfonamides is 1. The molecule has 0 unspecified atom stereocenters. The molecule has 1 rings (SSSR count). The second kappa shape index (κ2) is 7.67. The highest BCUT2D eigenvalue weighted by Gasteiger charge is 2.15. The van der Waals surface area contributed by atoms with Gasteiger partial charge in [-0.3, -0.25) is 4.72 Å². The van der Waals surface area contributed by atoms with Gasteiger partial charge in [0.25, 0.3) is 0 Å². The van der Waals surface area contributed by atoms with Gasteiger partial charge in [0.05, 0.1) is 10.8 Å². The summed E-state index contributed by atoms with van der Waals surface area (Å²) >= 11 is 5.76. The van der Waals surface area contributed by atoms with E-state index in [0.717, 1.165) is 19.0 Å². The van der Waals surface area contributed by atoms with Gasteiger partial charge in [-0.15, -0.1) is 0 Å². The lowest BCUT2D eigenvalue weighted by Crippen LogP contribution is -2.23. The van der Waals surface area contributed by atoms with Crippen molar-refractivity contribution < 1.29 is 12.8 Å². The van der Waals surface area contributed by atoms with Crippen molar-refractivity contribution in [2.24, 2.45) is 0 Å². The van der Waals surface area contributed by atoms with Crippen LogP contribution in [0, 0.1) is 5.82 Å². The molecule has 0 heterocycles. The second-order valence-electron chi connectivity index (χ2n) is 4.12. The summed E-state index contributed by atoms with van der Waals surface area (Å²) in [6.45, 7) is 3.50. The molecule has 108 valence electrons. The van der Waals surface area contributed by atoms with Crippen LogP contribution >= 0.6 is 11.6 Å². The summed E-state index contributed by atoms with van der Waals surface area (Å²) in [6, 6.07) is 4.02. The van der Waals surface area contributed by atoms with Crippen LogP contribution in [0.3, 0.4) is 0 Å². The molecule has 0 aliphatic carbocycles. The smallest absolute Gasteiger partial charge is 0.232 e. The Bertz CT molecular complexity index is 488. The molecule has 1 aromatic carbocycles. The lowest BCUT2D eigenvalue weighted by molar-refractivity contribution is 0.591. The van der Waals surface area contributed by atoms with E-state index >= 15 is 0 Å². The van der Waals surface area contributed by atoms with Gasteiger partial charge in [0.1, 0.15) is 11.5 Å². The summed E-state index contributed by atoms with van der Waals surface area (Å²) in [5, 5.41) is 3.15. The highest BCUT2D eigenvalue weighted by Crippen LogP contribution is 2.25. The Morgan fingerprint density at radius 3 is 2.68 bits per heavy atom. The summed E-state index contributed by atoms with van der Waals surface area (Å²) < 4.78 is 39.2. The number of rotatable bonds is 8. The van der Waals surface area contributed by atoms with Crippen LogP contribution in [-0.4, -0.2) is 27.3 Å². The van der Waals surface area contributed by atoms with E-state index in [-0.39, 0.29) is 16.5 Å². The molecule has 0 bridgehead atoms. The molecular formula is C12H18ClFN2O2S. The van der Waals surface area contributed by atoms with Crippen molar-refractivity contribution in [2.45, 2.75) is 19.8 Å². The van der Waals surface area contributed by atoms with Crippen molar-refractivity contribution in [3.05, 3.63) is 29.0 Å². The highest BCUT2D eigenvalue weighted by atomic mass is 35.5. The number of para-hydroxylation sites is 1. The van der Waals surface area contributed by atoms with E-state index in [0.29, 0.717) is 13.0 Å². The zero-order chi connectivity index (χ0) is 14.3. The summed E-state index contributed by atoms with van der Waals surface area (Å²) in [4.78, 5) is 0. The Morgan fingerprint density at radius 1 is 1.32 bits per heavy atom. The summed E-state index contributed by atoms with van der Waals surface area (Å²) in [6.07, 6.45) is 1.46. The Kier molecular flexibility index (Phi) is 6.54. The van der Waals surface area contributed by atoms with Gasteiger partial charge in [-0.1, -0.05) is 24.6 Å². The molecule has 0 atom stereocenters. The standard InChI is InChI=1S/C12H18ClFN2O2S/c1-2-7-15-8-4-9-19(17,18)16-12-10(13)5-3-6-11(12)14/h3,5-6,15-16H,2,4,7-9H2,1H3. The zero-order valence-electron chi connectivity index (χ0n) is 10.7. The van der Waals surface area contributed by atoms with Crippen molar-refractivity contribution in [3.63, 3.8) is 0 Å². The lowest BCUT2D eigenvalue weighted by atomic mass is 10.3. The zero-order valence-corrected chi connectivity index (χ0v) is 12.3. The highest BCUT2D eigenvalue weighted by molar-refractivity contribution is 7.92. The van der Waals surface area contributed by atoms with E-state index in [1.54, 1.807) is 0 Å². The van der Waals surface area contributed by atoms with Crippen molar-refractivity contribution in [1.29, 1.82) is 0 Å². The first-order valence-corrected chi connectivity index (χ1v) is 8.14. The molecule has 4 nitrogen and oxygen atoms in total. The quantitative estimate of drug-likeness (QED) is 0.726. The van der Waals surface area contributed by atoms with Gasteiger partial charge in [0.15, 0.2) is 0 Å². The molecule has 0 radical (unpaired) electrons. The average molecular weight is 309 g/mol. The van der Waals surface area contributed by atoms with Crippen LogP contribution in [0.15, 0.2) is 18.2 Å². The second-order valence-corrected chi connectivity index (χ2v) is 6.37. The van der Waals surface area contributed by atoms with Crippen molar-refractivity contribution in [3.8, 4) is 0 Å². The minimum atomic E-state index is -3.58. The third-order valence-corrected chi connectivity index (χ3v) is 4.07. The predicted octanol–water partition coefficient (Wildman–Crippen LogP) is 2.61. The number of hydrogen-bond donors (Lipinski definition) is 2. The van der Waals surface area contributed by atoms with Crippen LogP contribution in [0.4, 0.5) is 10.1 Å². The first kappa shape index (κ1) is 16.2. The van der Waals surface area contributed by atoms with Gasteiger partial charge < -0.3 is 5.32 Å². The minimum Gasteiger partial charge on any atom is -0.317 e. The fourth-order valence-corrected chi connectivity index (χ4v) is 2.90. The topological polar surface area (TPSA) is 58.2 Å². The molecule has 0 saturated carbocycles. The van der Waals surface area contributed by atoms with Gasteiger partial charge in [-0.05, 0) is 38.1 Å². The van der Waals surface area contributed by atoms with Gasteiger partial charge in [-0.2, -0.15) is 0 Å². The van der Waals surface area contributed by atoms with Crippen LogP contribution in [-0.2, 0) is 10.0 Å². The van der Waals surface area contributed by atoms with E-state index in [4.69, 9.17) is 11.6 Å². The monoisotopic (exact) mass is 308 g/mol. The third kappa shape index (κ3) is 5.76. The molecule has 0 aliphatic heterocycles. The maximum Gasteiger partial charge on any atom is 0.232 e. The molecule has 0 aromatic heterocycles. The first-order chi connectivity index (χ1) is 8.96. The Morgan fingerprint density at radius 2 is 2.05 bits per heavy atom. The molecule has 19 heavy (non-hydrogen) atoms. The summed E-state index contributed by atoms with van der Waals surface area (Å²) in [5.41, 5.74) is -0.189. The Balaban J connectivity index is 2.55. The van der Waals surface area contributed by atoms with Crippen molar-refractivity contribution >= 4 is 27.3 Å². The molecule has 0 amide bonds. The number of benzene rings is 1. The fourth-order valence-electron chi connectivity index (χ4n) is 1.49.